The van der Waals surface area contributed by atoms with Crippen molar-refractivity contribution in [1.29, 1.82) is 0 Å². The zero-order chi connectivity index (χ0) is 13.5. The zero-order valence-electron chi connectivity index (χ0n) is 11.0. The van der Waals surface area contributed by atoms with Gasteiger partial charge in [-0.15, -0.1) is 0 Å². The van der Waals surface area contributed by atoms with Gasteiger partial charge in [0, 0.05) is 23.5 Å². The van der Waals surface area contributed by atoms with E-state index in [9.17, 15) is 4.79 Å². The predicted molar refractivity (Wildman–Crippen MR) is 77.3 cm³/mol. The van der Waals surface area contributed by atoms with Gasteiger partial charge >= 0.3 is 0 Å². The largest absolute Gasteiger partial charge is 0.497 e. The first kappa shape index (κ1) is 14.7. The Bertz CT molecular complexity index is 410. The Labute approximate surface area is 112 Å². The van der Waals surface area contributed by atoms with E-state index in [4.69, 9.17) is 10.5 Å². The summed E-state index contributed by atoms with van der Waals surface area (Å²) in [5.41, 5.74) is 6.74. The molecule has 1 aromatic rings. The Morgan fingerprint density at radius 2 is 2.28 bits per heavy atom. The number of ether oxygens (including phenoxy) is 1. The number of amides is 1. The lowest BCUT2D eigenvalue weighted by atomic mass is 10.1. The van der Waals surface area contributed by atoms with Gasteiger partial charge in [0.2, 0.25) is 0 Å². The van der Waals surface area contributed by atoms with Gasteiger partial charge in [0.1, 0.15) is 5.75 Å². The first-order valence-corrected chi connectivity index (χ1v) is 7.11. The topological polar surface area (TPSA) is 64.3 Å². The van der Waals surface area contributed by atoms with Gasteiger partial charge in [0.05, 0.1) is 12.7 Å². The Morgan fingerprint density at radius 3 is 2.83 bits per heavy atom. The van der Waals surface area contributed by atoms with Crippen molar-refractivity contribution in [3.05, 3.63) is 23.8 Å². The molecule has 1 rings (SSSR count). The summed E-state index contributed by atoms with van der Waals surface area (Å²) in [6.07, 6.45) is 3.01. The number of nitrogens with one attached hydrogen (secondary N) is 1. The number of methoxy groups -OCH3 is 1. The Hall–Kier alpha value is -1.36. The molecule has 18 heavy (non-hydrogen) atoms. The van der Waals surface area contributed by atoms with Gasteiger partial charge < -0.3 is 15.8 Å². The average Bonchev–Trinajstić information content (AvgIpc) is 2.37. The van der Waals surface area contributed by atoms with Crippen LogP contribution in [0.3, 0.4) is 0 Å². The molecular formula is C13H20N2O2S. The van der Waals surface area contributed by atoms with E-state index in [1.165, 1.54) is 0 Å². The van der Waals surface area contributed by atoms with Gasteiger partial charge in [-0.25, -0.2) is 0 Å². The van der Waals surface area contributed by atoms with Gasteiger partial charge in [0.15, 0.2) is 0 Å². The number of rotatable bonds is 6. The lowest BCUT2D eigenvalue weighted by Crippen LogP contribution is -2.26. The monoisotopic (exact) mass is 268 g/mol. The smallest absolute Gasteiger partial charge is 0.253 e. The summed E-state index contributed by atoms with van der Waals surface area (Å²) in [6, 6.07) is 5.07. The molecule has 5 heteroatoms. The maximum absolute atomic E-state index is 11.9. The number of nitrogens with two attached hydrogens (primary N) is 1. The third kappa shape index (κ3) is 4.14. The van der Waals surface area contributed by atoms with Gasteiger partial charge in [-0.1, -0.05) is 6.92 Å². The van der Waals surface area contributed by atoms with Crippen LogP contribution < -0.4 is 15.8 Å². The normalized spacial score (nSPS) is 11.9. The summed E-state index contributed by atoms with van der Waals surface area (Å²) in [4.78, 5) is 11.9. The average molecular weight is 268 g/mol. The summed E-state index contributed by atoms with van der Waals surface area (Å²) in [5.74, 6) is 0.517. The molecule has 100 valence electrons. The Morgan fingerprint density at radius 1 is 1.56 bits per heavy atom. The summed E-state index contributed by atoms with van der Waals surface area (Å²) in [7, 11) is 1.57. The van der Waals surface area contributed by atoms with Crippen molar-refractivity contribution >= 4 is 23.4 Å². The highest BCUT2D eigenvalue weighted by atomic mass is 32.2. The lowest BCUT2D eigenvalue weighted by Gasteiger charge is -2.11. The van der Waals surface area contributed by atoms with Crippen LogP contribution in [0.1, 0.15) is 23.7 Å². The van der Waals surface area contributed by atoms with Crippen LogP contribution in [0.4, 0.5) is 5.69 Å². The minimum atomic E-state index is -0.136. The fourth-order valence-electron chi connectivity index (χ4n) is 1.48. The van der Waals surface area contributed by atoms with E-state index >= 15 is 0 Å². The first-order chi connectivity index (χ1) is 8.58. The maximum atomic E-state index is 11.9. The van der Waals surface area contributed by atoms with E-state index in [1.54, 1.807) is 37.1 Å². The van der Waals surface area contributed by atoms with E-state index < -0.39 is 0 Å². The Kier molecular flexibility index (Phi) is 5.85. The van der Waals surface area contributed by atoms with Crippen molar-refractivity contribution in [2.24, 2.45) is 0 Å². The fraction of sp³-hybridized carbons (Fsp3) is 0.462. The van der Waals surface area contributed by atoms with Crippen LogP contribution in [0, 0.1) is 0 Å². The van der Waals surface area contributed by atoms with Crippen LogP contribution in [-0.2, 0) is 0 Å². The molecule has 1 unspecified atom stereocenters. The molecule has 0 aliphatic rings. The second-order valence-electron chi connectivity index (χ2n) is 4.04. The van der Waals surface area contributed by atoms with E-state index in [0.717, 1.165) is 6.42 Å². The van der Waals surface area contributed by atoms with Crippen LogP contribution >= 0.6 is 11.8 Å². The number of hydrogen-bond acceptors (Lipinski definition) is 4. The van der Waals surface area contributed by atoms with Crippen molar-refractivity contribution in [1.82, 2.24) is 5.32 Å². The molecule has 0 spiro atoms. The van der Waals surface area contributed by atoms with Crippen molar-refractivity contribution < 1.29 is 9.53 Å². The van der Waals surface area contributed by atoms with Crippen LogP contribution in [-0.4, -0.2) is 31.1 Å². The number of anilines is 1. The Balaban J connectivity index is 2.56. The number of thioether (sulfide) groups is 1. The molecule has 4 nitrogen and oxygen atoms in total. The third-order valence-corrected chi connectivity index (χ3v) is 3.78. The third-order valence-electron chi connectivity index (χ3n) is 2.74. The molecule has 0 saturated carbocycles. The van der Waals surface area contributed by atoms with Crippen LogP contribution in [0.2, 0.25) is 0 Å². The molecule has 1 aromatic carbocycles. The van der Waals surface area contributed by atoms with Crippen molar-refractivity contribution in [3.8, 4) is 5.75 Å². The summed E-state index contributed by atoms with van der Waals surface area (Å²) >= 11 is 1.79. The summed E-state index contributed by atoms with van der Waals surface area (Å²) < 4.78 is 5.04. The van der Waals surface area contributed by atoms with Gasteiger partial charge in [0.25, 0.3) is 5.91 Å². The standard InChI is InChI=1S/C13H20N2O2S/c1-9(18-3)6-7-15-13(16)11-5-4-10(17-2)8-12(11)14/h4-5,8-9H,6-7,14H2,1-3H3,(H,15,16). The van der Waals surface area contributed by atoms with Crippen molar-refractivity contribution in [3.63, 3.8) is 0 Å². The highest BCUT2D eigenvalue weighted by Crippen LogP contribution is 2.19. The van der Waals surface area contributed by atoms with Crippen LogP contribution in [0.15, 0.2) is 18.2 Å². The van der Waals surface area contributed by atoms with E-state index in [1.807, 2.05) is 0 Å². The molecule has 0 heterocycles. The second kappa shape index (κ2) is 7.16. The van der Waals surface area contributed by atoms with Crippen LogP contribution in [0.25, 0.3) is 0 Å². The number of nitrogen functional groups attached to an aromatic ring is 1. The van der Waals surface area contributed by atoms with Crippen molar-refractivity contribution in [2.75, 3.05) is 25.6 Å². The number of carbonyl (C=O) groups is 1. The minimum Gasteiger partial charge on any atom is -0.497 e. The van der Waals surface area contributed by atoms with E-state index in [0.29, 0.717) is 28.8 Å². The van der Waals surface area contributed by atoms with Crippen LogP contribution in [0.5, 0.6) is 5.75 Å². The summed E-state index contributed by atoms with van der Waals surface area (Å²) in [6.45, 7) is 2.80. The zero-order valence-corrected chi connectivity index (χ0v) is 11.8. The number of hydrogen-bond donors (Lipinski definition) is 2. The van der Waals surface area contributed by atoms with Crippen molar-refractivity contribution in [2.45, 2.75) is 18.6 Å². The molecule has 0 bridgehead atoms. The van der Waals surface area contributed by atoms with Gasteiger partial charge in [-0.05, 0) is 24.8 Å². The highest BCUT2D eigenvalue weighted by molar-refractivity contribution is 7.99. The fourth-order valence-corrected chi connectivity index (χ4v) is 1.83. The highest BCUT2D eigenvalue weighted by Gasteiger charge is 2.10. The molecule has 0 fully saturated rings. The van der Waals surface area contributed by atoms with Gasteiger partial charge in [-0.3, -0.25) is 4.79 Å². The molecule has 3 N–H and O–H groups in total. The predicted octanol–water partition coefficient (Wildman–Crippen LogP) is 2.15. The van der Waals surface area contributed by atoms with Gasteiger partial charge in [-0.2, -0.15) is 11.8 Å². The minimum absolute atomic E-state index is 0.136. The molecular weight excluding hydrogens is 248 g/mol. The molecule has 0 aromatic heterocycles. The maximum Gasteiger partial charge on any atom is 0.253 e. The number of carbonyl (C=O) groups excluding carboxylic acids is 1. The summed E-state index contributed by atoms with van der Waals surface area (Å²) in [5, 5.41) is 3.41. The number of benzene rings is 1. The quantitative estimate of drug-likeness (QED) is 0.776. The van der Waals surface area contributed by atoms with E-state index in [2.05, 4.69) is 18.5 Å². The first-order valence-electron chi connectivity index (χ1n) is 5.83. The second-order valence-corrected chi connectivity index (χ2v) is 5.32. The van der Waals surface area contributed by atoms with E-state index in [-0.39, 0.29) is 5.91 Å². The lowest BCUT2D eigenvalue weighted by molar-refractivity contribution is 0.0954. The molecule has 1 amide bonds. The SMILES string of the molecule is COc1ccc(C(=O)NCCC(C)SC)c(N)c1. The molecule has 1 atom stereocenters. The molecule has 0 aliphatic heterocycles. The molecule has 0 radical (unpaired) electrons. The molecule has 0 aliphatic carbocycles. The molecule has 0 saturated heterocycles.